The fourth-order valence-electron chi connectivity index (χ4n) is 1.70. The van der Waals surface area contributed by atoms with Gasteiger partial charge in [0.15, 0.2) is 0 Å². The molecular formula is C10H13NO3Pd. The van der Waals surface area contributed by atoms with Gasteiger partial charge in [-0.15, -0.1) is 0 Å². The minimum atomic E-state index is -0.208. The summed E-state index contributed by atoms with van der Waals surface area (Å²) in [5.41, 5.74) is -0.0592. The summed E-state index contributed by atoms with van der Waals surface area (Å²) in [6, 6.07) is 5.02. The van der Waals surface area contributed by atoms with Gasteiger partial charge in [0.2, 0.25) is 0 Å². The van der Waals surface area contributed by atoms with E-state index < -0.39 is 0 Å². The van der Waals surface area contributed by atoms with Crippen LogP contribution in [0.3, 0.4) is 0 Å². The van der Waals surface area contributed by atoms with Gasteiger partial charge in [-0.05, 0) is 18.9 Å². The van der Waals surface area contributed by atoms with Crippen LogP contribution in [-0.4, -0.2) is 22.4 Å². The maximum Gasteiger partial charge on any atom is 0.252 e. The molecule has 5 heteroatoms. The fourth-order valence-corrected chi connectivity index (χ4v) is 1.70. The van der Waals surface area contributed by atoms with Crippen LogP contribution in [0.4, 0.5) is 0 Å². The summed E-state index contributed by atoms with van der Waals surface area (Å²) in [7, 11) is 0. The molecule has 1 fully saturated rings. The van der Waals surface area contributed by atoms with Crippen molar-refractivity contribution in [3.63, 3.8) is 0 Å². The Kier molecular flexibility index (Phi) is 4.68. The third-order valence-corrected chi connectivity index (χ3v) is 2.45. The summed E-state index contributed by atoms with van der Waals surface area (Å²) in [5, 5.41) is 8.89. The van der Waals surface area contributed by atoms with E-state index in [1.165, 1.54) is 6.07 Å². The van der Waals surface area contributed by atoms with Crippen LogP contribution >= 0.6 is 0 Å². The molecule has 4 nitrogen and oxygen atoms in total. The van der Waals surface area contributed by atoms with Crippen LogP contribution in [0, 0.1) is 0 Å². The Balaban J connectivity index is 0.00000112. The number of rotatable bonds is 2. The summed E-state index contributed by atoms with van der Waals surface area (Å²) in [6.45, 7) is 0.0259. The molecule has 1 aromatic heterocycles. The molecule has 0 aliphatic carbocycles. The molecule has 1 aliphatic heterocycles. The van der Waals surface area contributed by atoms with Gasteiger partial charge in [-0.25, -0.2) is 0 Å². The Hall–Kier alpha value is -0.468. The van der Waals surface area contributed by atoms with Crippen molar-refractivity contribution in [3.05, 3.63) is 34.7 Å². The number of pyridine rings is 1. The average Bonchev–Trinajstić information content (AvgIpc) is 2.67. The van der Waals surface area contributed by atoms with E-state index in [9.17, 15) is 4.79 Å². The van der Waals surface area contributed by atoms with Gasteiger partial charge in [0.1, 0.15) is 6.23 Å². The Morgan fingerprint density at radius 1 is 1.47 bits per heavy atom. The first-order valence-corrected chi connectivity index (χ1v) is 4.75. The van der Waals surface area contributed by atoms with E-state index >= 15 is 0 Å². The summed E-state index contributed by atoms with van der Waals surface area (Å²) >= 11 is 0. The molecule has 0 bridgehead atoms. The van der Waals surface area contributed by atoms with Crippen LogP contribution < -0.4 is 5.56 Å². The molecular weight excluding hydrogens is 289 g/mol. The molecule has 2 rings (SSSR count). The Bertz CT molecular complexity index is 366. The third kappa shape index (κ3) is 2.76. The maximum atomic E-state index is 11.4. The van der Waals surface area contributed by atoms with Gasteiger partial charge in [0.05, 0.1) is 12.7 Å². The van der Waals surface area contributed by atoms with Crippen LogP contribution in [0.2, 0.25) is 0 Å². The Morgan fingerprint density at radius 2 is 2.27 bits per heavy atom. The van der Waals surface area contributed by atoms with Gasteiger partial charge in [0, 0.05) is 32.7 Å². The molecule has 1 N–H and O–H groups in total. The molecule has 1 aliphatic rings. The van der Waals surface area contributed by atoms with E-state index in [-0.39, 0.29) is 44.9 Å². The number of nitrogens with zero attached hydrogens (tertiary/aromatic N) is 1. The zero-order chi connectivity index (χ0) is 9.97. The second kappa shape index (κ2) is 5.57. The quantitative estimate of drug-likeness (QED) is 0.810. The van der Waals surface area contributed by atoms with E-state index in [1.54, 1.807) is 22.9 Å². The van der Waals surface area contributed by atoms with Crippen LogP contribution in [0.1, 0.15) is 19.1 Å². The predicted molar refractivity (Wildman–Crippen MR) is 50.9 cm³/mol. The van der Waals surface area contributed by atoms with Gasteiger partial charge < -0.3 is 9.84 Å². The van der Waals surface area contributed by atoms with Gasteiger partial charge in [-0.3, -0.25) is 9.36 Å². The zero-order valence-corrected chi connectivity index (χ0v) is 9.67. The molecule has 0 spiro atoms. The number of aromatic nitrogens is 1. The number of hydrogen-bond acceptors (Lipinski definition) is 3. The molecule has 0 amide bonds. The molecule has 1 aromatic rings. The van der Waals surface area contributed by atoms with Crippen LogP contribution in [0.5, 0.6) is 0 Å². The minimum absolute atomic E-state index is 0. The number of aliphatic hydroxyl groups excluding tert-OH is 1. The SMILES string of the molecule is O=c1ccccn1C1CCC(CO)O1.[Pd]. The van der Waals surface area contributed by atoms with Crippen molar-refractivity contribution in [2.45, 2.75) is 25.2 Å². The fraction of sp³-hybridized carbons (Fsp3) is 0.500. The first kappa shape index (κ1) is 12.6. The molecule has 86 valence electrons. The van der Waals surface area contributed by atoms with Crippen molar-refractivity contribution in [1.82, 2.24) is 4.57 Å². The van der Waals surface area contributed by atoms with Crippen molar-refractivity contribution in [1.29, 1.82) is 0 Å². The maximum absolute atomic E-state index is 11.4. The summed E-state index contributed by atoms with van der Waals surface area (Å²) < 4.78 is 7.06. The van der Waals surface area contributed by atoms with Crippen LogP contribution in [0.15, 0.2) is 29.2 Å². The Morgan fingerprint density at radius 3 is 2.87 bits per heavy atom. The molecule has 2 unspecified atom stereocenters. The monoisotopic (exact) mass is 301 g/mol. The zero-order valence-electron chi connectivity index (χ0n) is 8.11. The van der Waals surface area contributed by atoms with E-state index in [2.05, 4.69) is 0 Å². The first-order chi connectivity index (χ1) is 6.81. The largest absolute Gasteiger partial charge is 0.394 e. The van der Waals surface area contributed by atoms with Crippen LogP contribution in [-0.2, 0) is 25.2 Å². The van der Waals surface area contributed by atoms with Gasteiger partial charge in [-0.2, -0.15) is 0 Å². The first-order valence-electron chi connectivity index (χ1n) is 4.75. The summed E-state index contributed by atoms with van der Waals surface area (Å²) in [5.74, 6) is 0. The van der Waals surface area contributed by atoms with E-state index in [1.807, 2.05) is 0 Å². The van der Waals surface area contributed by atoms with Crippen molar-refractivity contribution in [2.24, 2.45) is 0 Å². The number of ether oxygens (including phenoxy) is 1. The third-order valence-electron chi connectivity index (χ3n) is 2.45. The summed E-state index contributed by atoms with van der Waals surface area (Å²) in [4.78, 5) is 11.4. The predicted octanol–water partition coefficient (Wildman–Crippen LogP) is 0.516. The topological polar surface area (TPSA) is 51.5 Å². The smallest absolute Gasteiger partial charge is 0.252 e. The average molecular weight is 302 g/mol. The molecule has 0 saturated carbocycles. The number of aliphatic hydroxyl groups is 1. The van der Waals surface area contributed by atoms with Crippen molar-refractivity contribution >= 4 is 0 Å². The molecule has 0 radical (unpaired) electrons. The summed E-state index contributed by atoms with van der Waals surface area (Å²) in [6.07, 6.45) is 2.98. The number of hydrogen-bond donors (Lipinski definition) is 1. The second-order valence-electron chi connectivity index (χ2n) is 3.42. The molecule has 2 heterocycles. The van der Waals surface area contributed by atoms with Gasteiger partial charge >= 0.3 is 0 Å². The molecule has 0 aromatic carbocycles. The van der Waals surface area contributed by atoms with Crippen molar-refractivity contribution < 1.29 is 30.3 Å². The van der Waals surface area contributed by atoms with Gasteiger partial charge in [0.25, 0.3) is 5.56 Å². The molecule has 1 saturated heterocycles. The molecule has 15 heavy (non-hydrogen) atoms. The molecule has 2 atom stereocenters. The van der Waals surface area contributed by atoms with E-state index in [4.69, 9.17) is 9.84 Å². The van der Waals surface area contributed by atoms with Crippen molar-refractivity contribution in [2.75, 3.05) is 6.61 Å². The second-order valence-corrected chi connectivity index (χ2v) is 3.42. The van der Waals surface area contributed by atoms with E-state index in [0.717, 1.165) is 12.8 Å². The minimum Gasteiger partial charge on any atom is -0.394 e. The van der Waals surface area contributed by atoms with Crippen molar-refractivity contribution in [3.8, 4) is 0 Å². The van der Waals surface area contributed by atoms with Gasteiger partial charge in [-0.1, -0.05) is 6.07 Å². The normalized spacial score (nSPS) is 24.9. The van der Waals surface area contributed by atoms with Crippen LogP contribution in [0.25, 0.3) is 0 Å². The van der Waals surface area contributed by atoms with E-state index in [0.29, 0.717) is 0 Å². The standard InChI is InChI=1S/C10H13NO3.Pd/c12-7-8-4-5-10(14-8)11-6-2-1-3-9(11)13;/h1-3,6,8,10,12H,4-5,7H2;. The Labute approximate surface area is 102 Å².